The average Bonchev–Trinajstić information content (AvgIpc) is 2.71. The average molecular weight is 433 g/mol. The minimum absolute atomic E-state index is 0.136. The zero-order valence-electron chi connectivity index (χ0n) is 19.2. The van der Waals surface area contributed by atoms with E-state index < -0.39 is 0 Å². The van der Waals surface area contributed by atoms with Crippen molar-refractivity contribution < 1.29 is 28.4 Å². The molecule has 0 radical (unpaired) electrons. The largest absolute Gasteiger partial charge is 0.378 e. The molecule has 178 valence electrons. The van der Waals surface area contributed by atoms with Crippen LogP contribution in [0.5, 0.6) is 0 Å². The lowest BCUT2D eigenvalue weighted by Gasteiger charge is -2.26. The van der Waals surface area contributed by atoms with Gasteiger partial charge in [0.15, 0.2) is 0 Å². The number of nitrogens with zero attached hydrogens (tertiary/aromatic N) is 2. The predicted molar refractivity (Wildman–Crippen MR) is 116 cm³/mol. The van der Waals surface area contributed by atoms with E-state index in [4.69, 9.17) is 28.4 Å². The van der Waals surface area contributed by atoms with Crippen LogP contribution in [0.4, 0.5) is 0 Å². The quantitative estimate of drug-likeness (QED) is 0.644. The zero-order chi connectivity index (χ0) is 21.3. The van der Waals surface area contributed by atoms with Crippen molar-refractivity contribution in [2.45, 2.75) is 26.4 Å². The van der Waals surface area contributed by atoms with E-state index in [-0.39, 0.29) is 6.10 Å². The van der Waals surface area contributed by atoms with E-state index in [1.165, 1.54) is 0 Å². The fraction of sp³-hybridized carbons (Fsp3) is 1.00. The van der Waals surface area contributed by atoms with Crippen LogP contribution in [-0.4, -0.2) is 128 Å². The smallest absolute Gasteiger partial charge is 0.0811 e. The molecule has 1 atom stereocenters. The monoisotopic (exact) mass is 432 g/mol. The lowest BCUT2D eigenvalue weighted by Crippen LogP contribution is -2.37. The standard InChI is InChI=1S/C22H44N2O6/c1-21(2)19-22-20-29-13-7-23-3-9-25-15-17-27-11-5-24(8-14-30-22)6-12-28-18-16-26-10-4-23/h21-22H,3-20H2,1-2H3. The highest BCUT2D eigenvalue weighted by molar-refractivity contribution is 4.64. The van der Waals surface area contributed by atoms with Crippen LogP contribution in [0, 0.1) is 5.92 Å². The van der Waals surface area contributed by atoms with Gasteiger partial charge in [-0.15, -0.1) is 0 Å². The maximum Gasteiger partial charge on any atom is 0.0811 e. The molecule has 3 fully saturated rings. The number of hydrogen-bond donors (Lipinski definition) is 0. The Morgan fingerprint density at radius 3 is 1.40 bits per heavy atom. The van der Waals surface area contributed by atoms with Crippen LogP contribution in [0.2, 0.25) is 0 Å². The van der Waals surface area contributed by atoms with E-state index in [0.717, 1.165) is 45.7 Å². The molecule has 8 heteroatoms. The molecule has 0 saturated carbocycles. The molecule has 0 aromatic carbocycles. The van der Waals surface area contributed by atoms with Gasteiger partial charge in [0.05, 0.1) is 78.8 Å². The molecule has 1 unspecified atom stereocenters. The highest BCUT2D eigenvalue weighted by Crippen LogP contribution is 2.09. The Hall–Kier alpha value is -0.320. The number of hydrogen-bond acceptors (Lipinski definition) is 8. The molecular weight excluding hydrogens is 388 g/mol. The summed E-state index contributed by atoms with van der Waals surface area (Å²) in [5, 5.41) is 0. The summed E-state index contributed by atoms with van der Waals surface area (Å²) >= 11 is 0. The third-order valence-electron chi connectivity index (χ3n) is 5.30. The van der Waals surface area contributed by atoms with Crippen molar-refractivity contribution in [2.24, 2.45) is 5.92 Å². The minimum atomic E-state index is 0.136. The predicted octanol–water partition coefficient (Wildman–Crippen LogP) is 1.13. The minimum Gasteiger partial charge on any atom is -0.378 e. The highest BCUT2D eigenvalue weighted by atomic mass is 16.5. The molecule has 0 amide bonds. The van der Waals surface area contributed by atoms with Crippen LogP contribution < -0.4 is 0 Å². The molecule has 0 aromatic rings. The number of rotatable bonds is 2. The summed E-state index contributed by atoms with van der Waals surface area (Å²) in [7, 11) is 0. The van der Waals surface area contributed by atoms with Crippen LogP contribution in [0.15, 0.2) is 0 Å². The molecule has 0 N–H and O–H groups in total. The first-order chi connectivity index (χ1) is 14.7. The van der Waals surface area contributed by atoms with Gasteiger partial charge in [0.2, 0.25) is 0 Å². The van der Waals surface area contributed by atoms with E-state index in [0.29, 0.717) is 78.6 Å². The second-order valence-electron chi connectivity index (χ2n) is 8.33. The zero-order valence-corrected chi connectivity index (χ0v) is 19.2. The van der Waals surface area contributed by atoms with Crippen LogP contribution in [-0.2, 0) is 28.4 Å². The van der Waals surface area contributed by atoms with E-state index in [1.54, 1.807) is 0 Å². The second kappa shape index (κ2) is 17.3. The van der Waals surface area contributed by atoms with Gasteiger partial charge in [0, 0.05) is 39.3 Å². The van der Waals surface area contributed by atoms with Crippen LogP contribution >= 0.6 is 0 Å². The fourth-order valence-electron chi connectivity index (χ4n) is 3.56. The first-order valence-corrected chi connectivity index (χ1v) is 11.7. The van der Waals surface area contributed by atoms with Crippen molar-refractivity contribution in [2.75, 3.05) is 112 Å². The molecule has 8 nitrogen and oxygen atoms in total. The first-order valence-electron chi connectivity index (χ1n) is 11.7. The van der Waals surface area contributed by atoms with E-state index in [1.807, 2.05) is 0 Å². The molecule has 3 heterocycles. The molecule has 0 aliphatic carbocycles. The molecular formula is C22H44N2O6. The molecule has 3 saturated heterocycles. The maximum atomic E-state index is 6.22. The number of fused-ring (bicyclic) bond motifs is 21. The Labute approximate surface area is 183 Å². The topological polar surface area (TPSA) is 61.9 Å². The Morgan fingerprint density at radius 2 is 0.967 bits per heavy atom. The van der Waals surface area contributed by atoms with Crippen LogP contribution in [0.1, 0.15) is 20.3 Å². The third-order valence-corrected chi connectivity index (χ3v) is 5.30. The Bertz CT molecular complexity index is 382. The Kier molecular flexibility index (Phi) is 14.9. The second-order valence-corrected chi connectivity index (χ2v) is 8.33. The van der Waals surface area contributed by atoms with Crippen LogP contribution in [0.3, 0.4) is 0 Å². The van der Waals surface area contributed by atoms with Gasteiger partial charge >= 0.3 is 0 Å². The van der Waals surface area contributed by atoms with Gasteiger partial charge < -0.3 is 28.4 Å². The highest BCUT2D eigenvalue weighted by Gasteiger charge is 2.14. The summed E-state index contributed by atoms with van der Waals surface area (Å²) in [6.45, 7) is 17.0. The van der Waals surface area contributed by atoms with Gasteiger partial charge in [0.25, 0.3) is 0 Å². The molecule has 3 aliphatic rings. The normalized spacial score (nSPS) is 30.7. The summed E-state index contributed by atoms with van der Waals surface area (Å²) in [6, 6.07) is 0. The molecule has 0 spiro atoms. The third kappa shape index (κ3) is 13.2. The lowest BCUT2D eigenvalue weighted by molar-refractivity contribution is -0.0450. The SMILES string of the molecule is CC(C)CC1COCCN2CCOCCOCCN(CCOCCOCC2)CCO1. The van der Waals surface area contributed by atoms with Gasteiger partial charge in [0.1, 0.15) is 0 Å². The summed E-state index contributed by atoms with van der Waals surface area (Å²) < 4.78 is 35.3. The van der Waals surface area contributed by atoms with E-state index in [9.17, 15) is 0 Å². The Balaban J connectivity index is 1.98. The summed E-state index contributed by atoms with van der Waals surface area (Å²) in [5.74, 6) is 0.581. The van der Waals surface area contributed by atoms with Crippen molar-refractivity contribution in [1.82, 2.24) is 9.80 Å². The van der Waals surface area contributed by atoms with Gasteiger partial charge in [-0.25, -0.2) is 0 Å². The van der Waals surface area contributed by atoms with Gasteiger partial charge in [-0.05, 0) is 12.3 Å². The summed E-state index contributed by atoms with van der Waals surface area (Å²) in [5.41, 5.74) is 0. The van der Waals surface area contributed by atoms with E-state index >= 15 is 0 Å². The molecule has 0 aromatic heterocycles. The first kappa shape index (κ1) is 25.9. The van der Waals surface area contributed by atoms with Gasteiger partial charge in [-0.3, -0.25) is 9.80 Å². The van der Waals surface area contributed by atoms with Crippen LogP contribution in [0.25, 0.3) is 0 Å². The maximum absolute atomic E-state index is 6.22. The fourth-order valence-corrected chi connectivity index (χ4v) is 3.56. The van der Waals surface area contributed by atoms with Crippen molar-refractivity contribution in [3.05, 3.63) is 0 Å². The summed E-state index contributed by atoms with van der Waals surface area (Å²) in [4.78, 5) is 4.68. The van der Waals surface area contributed by atoms with Crippen molar-refractivity contribution in [3.8, 4) is 0 Å². The van der Waals surface area contributed by atoms with Gasteiger partial charge in [-0.2, -0.15) is 0 Å². The molecule has 2 bridgehead atoms. The summed E-state index contributed by atoms with van der Waals surface area (Å²) in [6.07, 6.45) is 1.15. The van der Waals surface area contributed by atoms with Crippen molar-refractivity contribution in [3.63, 3.8) is 0 Å². The molecule has 3 rings (SSSR count). The van der Waals surface area contributed by atoms with Gasteiger partial charge in [-0.1, -0.05) is 13.8 Å². The Morgan fingerprint density at radius 1 is 0.567 bits per heavy atom. The van der Waals surface area contributed by atoms with Crippen molar-refractivity contribution >= 4 is 0 Å². The number of ether oxygens (including phenoxy) is 6. The van der Waals surface area contributed by atoms with E-state index in [2.05, 4.69) is 23.6 Å². The lowest BCUT2D eigenvalue weighted by atomic mass is 10.1. The molecule has 30 heavy (non-hydrogen) atoms. The van der Waals surface area contributed by atoms with Crippen molar-refractivity contribution in [1.29, 1.82) is 0 Å². The molecule has 3 aliphatic heterocycles.